The summed E-state index contributed by atoms with van der Waals surface area (Å²) in [6, 6.07) is 0. The summed E-state index contributed by atoms with van der Waals surface area (Å²) in [6.45, 7) is 4.27. The molecule has 1 N–H and O–H groups in total. The van der Waals surface area contributed by atoms with Crippen LogP contribution in [0, 0.1) is 0 Å². The van der Waals surface area contributed by atoms with Gasteiger partial charge in [-0.15, -0.1) is 0 Å². The van der Waals surface area contributed by atoms with Crippen molar-refractivity contribution in [2.75, 3.05) is 43.0 Å². The molecular formula is C10H14BrClN4S. The molecule has 2 heterocycles. The molecule has 0 aliphatic carbocycles. The maximum absolute atomic E-state index is 5.89. The zero-order valence-corrected chi connectivity index (χ0v) is 12.5. The van der Waals surface area contributed by atoms with E-state index in [0.29, 0.717) is 5.15 Å². The van der Waals surface area contributed by atoms with Crippen molar-refractivity contribution in [3.63, 3.8) is 0 Å². The third-order valence-corrected chi connectivity index (χ3v) is 4.78. The molecule has 0 unspecified atom stereocenters. The fourth-order valence-electron chi connectivity index (χ4n) is 1.63. The summed E-state index contributed by atoms with van der Waals surface area (Å²) in [5.74, 6) is 3.24. The van der Waals surface area contributed by atoms with Gasteiger partial charge in [-0.25, -0.2) is 9.97 Å². The summed E-state index contributed by atoms with van der Waals surface area (Å²) in [4.78, 5) is 10.5. The van der Waals surface area contributed by atoms with Gasteiger partial charge in [0.05, 0.1) is 4.47 Å². The molecule has 1 aromatic rings. The molecule has 0 saturated carbocycles. The molecule has 0 radical (unpaired) electrons. The molecule has 1 aliphatic heterocycles. The molecule has 0 spiro atoms. The van der Waals surface area contributed by atoms with E-state index in [-0.39, 0.29) is 0 Å². The van der Waals surface area contributed by atoms with Gasteiger partial charge in [-0.2, -0.15) is 11.8 Å². The van der Waals surface area contributed by atoms with E-state index in [4.69, 9.17) is 11.6 Å². The highest BCUT2D eigenvalue weighted by atomic mass is 79.9. The smallest absolute Gasteiger partial charge is 0.148 e. The first kappa shape index (κ1) is 13.4. The average molecular weight is 338 g/mol. The molecule has 1 saturated heterocycles. The summed E-state index contributed by atoms with van der Waals surface area (Å²) >= 11 is 11.3. The Morgan fingerprint density at radius 1 is 1.41 bits per heavy atom. The highest BCUT2D eigenvalue weighted by molar-refractivity contribution is 9.10. The Kier molecular flexibility index (Phi) is 5.34. The normalized spacial score (nSPS) is 17.1. The lowest BCUT2D eigenvalue weighted by molar-refractivity contribution is 0.314. The quantitative estimate of drug-likeness (QED) is 0.854. The van der Waals surface area contributed by atoms with E-state index in [1.165, 1.54) is 30.9 Å². The Labute approximate surface area is 119 Å². The minimum atomic E-state index is 0.442. The van der Waals surface area contributed by atoms with Crippen molar-refractivity contribution in [2.45, 2.75) is 0 Å². The van der Waals surface area contributed by atoms with Crippen LogP contribution in [0.1, 0.15) is 0 Å². The van der Waals surface area contributed by atoms with Gasteiger partial charge in [-0.1, -0.05) is 11.6 Å². The van der Waals surface area contributed by atoms with Gasteiger partial charge in [0.15, 0.2) is 0 Å². The van der Waals surface area contributed by atoms with E-state index in [1.807, 2.05) is 11.8 Å². The zero-order chi connectivity index (χ0) is 12.1. The maximum Gasteiger partial charge on any atom is 0.148 e. The first-order chi connectivity index (χ1) is 8.27. The van der Waals surface area contributed by atoms with Crippen LogP contribution in [0.15, 0.2) is 10.8 Å². The second kappa shape index (κ2) is 6.78. The van der Waals surface area contributed by atoms with Gasteiger partial charge in [-0.05, 0) is 15.9 Å². The molecule has 0 atom stereocenters. The Balaban J connectivity index is 1.79. The van der Waals surface area contributed by atoms with Crippen LogP contribution >= 0.6 is 39.3 Å². The Morgan fingerprint density at radius 3 is 2.94 bits per heavy atom. The summed E-state index contributed by atoms with van der Waals surface area (Å²) < 4.78 is 0.732. The molecule has 0 aromatic carbocycles. The average Bonchev–Trinajstić information content (AvgIpc) is 2.36. The summed E-state index contributed by atoms with van der Waals surface area (Å²) in [6.07, 6.45) is 1.47. The molecule has 1 aromatic heterocycles. The predicted octanol–water partition coefficient (Wildman–Crippen LogP) is 2.35. The molecule has 94 valence electrons. The highest BCUT2D eigenvalue weighted by Gasteiger charge is 2.10. The van der Waals surface area contributed by atoms with Crippen LogP contribution < -0.4 is 5.32 Å². The molecule has 17 heavy (non-hydrogen) atoms. The fourth-order valence-corrected chi connectivity index (χ4v) is 3.09. The van der Waals surface area contributed by atoms with Crippen molar-refractivity contribution in [3.05, 3.63) is 16.0 Å². The topological polar surface area (TPSA) is 41.1 Å². The molecule has 1 aliphatic rings. The highest BCUT2D eigenvalue weighted by Crippen LogP contribution is 2.25. The lowest BCUT2D eigenvalue weighted by Gasteiger charge is -2.26. The van der Waals surface area contributed by atoms with E-state index >= 15 is 0 Å². The van der Waals surface area contributed by atoms with Crippen LogP contribution in [0.4, 0.5) is 5.82 Å². The fraction of sp³-hybridized carbons (Fsp3) is 0.600. The molecule has 2 rings (SSSR count). The van der Waals surface area contributed by atoms with E-state index in [1.54, 1.807) is 0 Å². The number of anilines is 1. The molecule has 1 fully saturated rings. The van der Waals surface area contributed by atoms with Crippen LogP contribution in [0.5, 0.6) is 0 Å². The monoisotopic (exact) mass is 336 g/mol. The SMILES string of the molecule is Clc1ncnc(NCCN2CCSCC2)c1Br. The number of aromatic nitrogens is 2. The second-order valence-corrected chi connectivity index (χ2v) is 6.08. The summed E-state index contributed by atoms with van der Waals surface area (Å²) in [7, 11) is 0. The molecule has 4 nitrogen and oxygen atoms in total. The van der Waals surface area contributed by atoms with Crippen molar-refractivity contribution in [1.29, 1.82) is 0 Å². The van der Waals surface area contributed by atoms with Gasteiger partial charge in [0.2, 0.25) is 0 Å². The van der Waals surface area contributed by atoms with Crippen LogP contribution in [0.2, 0.25) is 5.15 Å². The largest absolute Gasteiger partial charge is 0.368 e. The predicted molar refractivity (Wildman–Crippen MR) is 77.0 cm³/mol. The minimum Gasteiger partial charge on any atom is -0.368 e. The lowest BCUT2D eigenvalue weighted by Crippen LogP contribution is -2.36. The number of hydrogen-bond acceptors (Lipinski definition) is 5. The number of nitrogens with zero attached hydrogens (tertiary/aromatic N) is 3. The molecule has 7 heteroatoms. The van der Waals surface area contributed by atoms with Gasteiger partial charge in [0, 0.05) is 37.7 Å². The standard InChI is InChI=1S/C10H14BrClN4S/c11-8-9(12)14-7-15-10(8)13-1-2-16-3-5-17-6-4-16/h7H,1-6H2,(H,13,14,15). The van der Waals surface area contributed by atoms with Crippen LogP contribution in [0.25, 0.3) is 0 Å². The van der Waals surface area contributed by atoms with Gasteiger partial charge in [0.25, 0.3) is 0 Å². The Morgan fingerprint density at radius 2 is 2.18 bits per heavy atom. The van der Waals surface area contributed by atoms with Gasteiger partial charge >= 0.3 is 0 Å². The molecular weight excluding hydrogens is 324 g/mol. The van der Waals surface area contributed by atoms with Gasteiger partial charge < -0.3 is 5.32 Å². The van der Waals surface area contributed by atoms with E-state index < -0.39 is 0 Å². The lowest BCUT2D eigenvalue weighted by atomic mass is 10.4. The van der Waals surface area contributed by atoms with Crippen molar-refractivity contribution in [2.24, 2.45) is 0 Å². The first-order valence-corrected chi connectivity index (χ1v) is 7.80. The van der Waals surface area contributed by atoms with Crippen molar-refractivity contribution in [1.82, 2.24) is 14.9 Å². The van der Waals surface area contributed by atoms with E-state index in [9.17, 15) is 0 Å². The third kappa shape index (κ3) is 3.98. The first-order valence-electron chi connectivity index (χ1n) is 5.47. The minimum absolute atomic E-state index is 0.442. The zero-order valence-electron chi connectivity index (χ0n) is 9.33. The van der Waals surface area contributed by atoms with Crippen molar-refractivity contribution >= 4 is 45.1 Å². The number of rotatable bonds is 4. The third-order valence-electron chi connectivity index (χ3n) is 2.57. The number of nitrogens with one attached hydrogen (secondary N) is 1. The van der Waals surface area contributed by atoms with Crippen molar-refractivity contribution < 1.29 is 0 Å². The summed E-state index contributed by atoms with van der Waals surface area (Å²) in [5, 5.41) is 3.71. The van der Waals surface area contributed by atoms with E-state index in [0.717, 1.165) is 23.4 Å². The molecule has 0 amide bonds. The van der Waals surface area contributed by atoms with E-state index in [2.05, 4.69) is 36.1 Å². The second-order valence-electron chi connectivity index (χ2n) is 3.71. The Bertz CT molecular complexity index is 373. The van der Waals surface area contributed by atoms with Gasteiger partial charge in [-0.3, -0.25) is 4.90 Å². The van der Waals surface area contributed by atoms with Gasteiger partial charge in [0.1, 0.15) is 17.3 Å². The number of hydrogen-bond donors (Lipinski definition) is 1. The Hall–Kier alpha value is -0.0400. The van der Waals surface area contributed by atoms with Crippen LogP contribution in [0.3, 0.4) is 0 Å². The number of thioether (sulfide) groups is 1. The van der Waals surface area contributed by atoms with Crippen LogP contribution in [-0.2, 0) is 0 Å². The van der Waals surface area contributed by atoms with Crippen molar-refractivity contribution in [3.8, 4) is 0 Å². The maximum atomic E-state index is 5.89. The number of halogens is 2. The van der Waals surface area contributed by atoms with Crippen LogP contribution in [-0.4, -0.2) is 52.6 Å². The summed E-state index contributed by atoms with van der Waals surface area (Å²) in [5.41, 5.74) is 0. The molecule has 0 bridgehead atoms.